The van der Waals surface area contributed by atoms with Gasteiger partial charge in [0, 0.05) is 12.3 Å². The maximum absolute atomic E-state index is 13.0. The molecule has 3 amide bonds. The van der Waals surface area contributed by atoms with Crippen LogP contribution in [0.15, 0.2) is 4.99 Å². The second-order valence-electron chi connectivity index (χ2n) is 7.71. The number of hydrogen-bond donors (Lipinski definition) is 8. The SMILES string of the molecule is CSCCC(N)C(=O)NC(CCCN=C(N)N)C(=O)NC(C(=O)NC(CS)C(=O)O)C(C)C. The number of aliphatic carboxylic acids is 1. The van der Waals surface area contributed by atoms with Gasteiger partial charge in [-0.3, -0.25) is 19.4 Å². The summed E-state index contributed by atoms with van der Waals surface area (Å²) in [5, 5.41) is 16.7. The minimum atomic E-state index is -1.24. The van der Waals surface area contributed by atoms with Gasteiger partial charge < -0.3 is 38.3 Å². The van der Waals surface area contributed by atoms with E-state index < -0.39 is 47.9 Å². The van der Waals surface area contributed by atoms with Crippen molar-refractivity contribution in [3.05, 3.63) is 0 Å². The summed E-state index contributed by atoms with van der Waals surface area (Å²) in [5.41, 5.74) is 16.5. The smallest absolute Gasteiger partial charge is 0.327 e. The zero-order valence-corrected chi connectivity index (χ0v) is 21.0. The minimum absolute atomic E-state index is 0.0900. The number of carbonyl (C=O) groups is 4. The van der Waals surface area contributed by atoms with E-state index in [2.05, 4.69) is 33.6 Å². The highest BCUT2D eigenvalue weighted by Gasteiger charge is 2.31. The molecule has 0 heterocycles. The molecule has 33 heavy (non-hydrogen) atoms. The fourth-order valence-electron chi connectivity index (χ4n) is 2.66. The number of thiol groups is 1. The van der Waals surface area contributed by atoms with Gasteiger partial charge in [-0.05, 0) is 37.2 Å². The van der Waals surface area contributed by atoms with Crippen LogP contribution in [-0.2, 0) is 19.2 Å². The lowest BCUT2D eigenvalue weighted by molar-refractivity contribution is -0.142. The van der Waals surface area contributed by atoms with E-state index in [-0.39, 0.29) is 30.6 Å². The molecule has 0 aromatic carbocycles. The van der Waals surface area contributed by atoms with Crippen molar-refractivity contribution < 1.29 is 24.3 Å². The lowest BCUT2D eigenvalue weighted by atomic mass is 10.0. The van der Waals surface area contributed by atoms with E-state index in [0.717, 1.165) is 0 Å². The fraction of sp³-hybridized carbons (Fsp3) is 0.737. The molecule has 0 aromatic heterocycles. The molecule has 0 spiro atoms. The number of carboxylic acid groups (broad SMARTS) is 1. The molecule has 0 saturated carbocycles. The predicted octanol–water partition coefficient (Wildman–Crippen LogP) is -1.75. The summed E-state index contributed by atoms with van der Waals surface area (Å²) >= 11 is 5.47. The average molecular weight is 508 g/mol. The van der Waals surface area contributed by atoms with Gasteiger partial charge >= 0.3 is 5.97 Å². The zero-order valence-electron chi connectivity index (χ0n) is 19.2. The van der Waals surface area contributed by atoms with E-state index in [1.54, 1.807) is 25.6 Å². The second-order valence-corrected chi connectivity index (χ2v) is 9.06. The number of aliphatic imine (C=N–C) groups is 1. The van der Waals surface area contributed by atoms with Gasteiger partial charge in [0.2, 0.25) is 17.7 Å². The Morgan fingerprint density at radius 1 is 1.00 bits per heavy atom. The van der Waals surface area contributed by atoms with Crippen LogP contribution in [0.4, 0.5) is 0 Å². The van der Waals surface area contributed by atoms with Crippen molar-refractivity contribution >= 4 is 54.0 Å². The Bertz CT molecular complexity index is 689. The van der Waals surface area contributed by atoms with Gasteiger partial charge in [-0.15, -0.1) is 0 Å². The molecule has 0 aliphatic rings. The van der Waals surface area contributed by atoms with Crippen molar-refractivity contribution in [3.8, 4) is 0 Å². The van der Waals surface area contributed by atoms with Crippen molar-refractivity contribution in [1.82, 2.24) is 16.0 Å². The number of nitrogens with zero attached hydrogens (tertiary/aromatic N) is 1. The normalized spacial score (nSPS) is 14.5. The summed E-state index contributed by atoms with van der Waals surface area (Å²) < 4.78 is 0. The molecule has 12 nitrogen and oxygen atoms in total. The molecule has 10 N–H and O–H groups in total. The highest BCUT2D eigenvalue weighted by atomic mass is 32.2. The molecule has 0 saturated heterocycles. The van der Waals surface area contributed by atoms with E-state index >= 15 is 0 Å². The Hall–Kier alpha value is -2.19. The van der Waals surface area contributed by atoms with Crippen LogP contribution in [0.3, 0.4) is 0 Å². The van der Waals surface area contributed by atoms with Crippen LogP contribution in [0, 0.1) is 5.92 Å². The lowest BCUT2D eigenvalue weighted by Gasteiger charge is -2.27. The Balaban J connectivity index is 5.40. The molecular formula is C19H37N7O5S2. The Morgan fingerprint density at radius 2 is 1.61 bits per heavy atom. The molecule has 0 radical (unpaired) electrons. The quantitative estimate of drug-likeness (QED) is 0.0513. The summed E-state index contributed by atoms with van der Waals surface area (Å²) in [6.45, 7) is 3.65. The van der Waals surface area contributed by atoms with Crippen LogP contribution >= 0.6 is 24.4 Å². The second kappa shape index (κ2) is 16.4. The molecule has 14 heteroatoms. The molecule has 0 aromatic rings. The van der Waals surface area contributed by atoms with Crippen molar-refractivity contribution in [2.24, 2.45) is 28.1 Å². The number of nitrogens with two attached hydrogens (primary N) is 3. The van der Waals surface area contributed by atoms with Crippen molar-refractivity contribution in [3.63, 3.8) is 0 Å². The Kier molecular flexibility index (Phi) is 15.3. The molecule has 0 aliphatic heterocycles. The minimum Gasteiger partial charge on any atom is -0.480 e. The highest BCUT2D eigenvalue weighted by Crippen LogP contribution is 2.07. The number of hydrogen-bond acceptors (Lipinski definition) is 8. The number of carboxylic acids is 1. The molecular weight excluding hydrogens is 470 g/mol. The summed E-state index contributed by atoms with van der Waals surface area (Å²) in [4.78, 5) is 53.1. The third kappa shape index (κ3) is 12.6. The summed E-state index contributed by atoms with van der Waals surface area (Å²) in [6, 6.07) is -4.01. The maximum Gasteiger partial charge on any atom is 0.327 e. The van der Waals surface area contributed by atoms with E-state index in [0.29, 0.717) is 18.6 Å². The van der Waals surface area contributed by atoms with E-state index in [4.69, 9.17) is 22.3 Å². The lowest BCUT2D eigenvalue weighted by Crippen LogP contribution is -2.58. The third-order valence-electron chi connectivity index (χ3n) is 4.59. The highest BCUT2D eigenvalue weighted by molar-refractivity contribution is 7.98. The number of nitrogens with one attached hydrogen (secondary N) is 3. The number of rotatable bonds is 16. The number of amides is 3. The standard InChI is InChI=1S/C19H37N7O5S2/c1-10(2)14(17(29)25-13(9-32)18(30)31)26-16(28)12(5-4-7-23-19(21)22)24-15(27)11(20)6-8-33-3/h10-14,32H,4-9,20H2,1-3H3,(H,24,27)(H,25,29)(H,26,28)(H,30,31)(H4,21,22,23). The largest absolute Gasteiger partial charge is 0.480 e. The number of carbonyl (C=O) groups excluding carboxylic acids is 3. The van der Waals surface area contributed by atoms with Gasteiger partial charge in [0.15, 0.2) is 5.96 Å². The maximum atomic E-state index is 13.0. The van der Waals surface area contributed by atoms with Gasteiger partial charge in [0.25, 0.3) is 0 Å². The van der Waals surface area contributed by atoms with Gasteiger partial charge in [0.1, 0.15) is 18.1 Å². The van der Waals surface area contributed by atoms with Crippen molar-refractivity contribution in [1.29, 1.82) is 0 Å². The first-order valence-electron chi connectivity index (χ1n) is 10.5. The Labute approximate surface area is 204 Å². The van der Waals surface area contributed by atoms with Crippen LogP contribution in [0.2, 0.25) is 0 Å². The molecule has 0 bridgehead atoms. The molecule has 0 rings (SSSR count). The first kappa shape index (κ1) is 30.8. The molecule has 0 aliphatic carbocycles. The van der Waals surface area contributed by atoms with Crippen LogP contribution in [0.1, 0.15) is 33.1 Å². The summed E-state index contributed by atoms with van der Waals surface area (Å²) in [7, 11) is 0. The molecule has 0 fully saturated rings. The molecule has 190 valence electrons. The van der Waals surface area contributed by atoms with Crippen molar-refractivity contribution in [2.75, 3.05) is 24.3 Å². The van der Waals surface area contributed by atoms with Gasteiger partial charge in [-0.2, -0.15) is 24.4 Å². The first-order chi connectivity index (χ1) is 15.4. The van der Waals surface area contributed by atoms with Crippen LogP contribution in [0.25, 0.3) is 0 Å². The fourth-order valence-corrected chi connectivity index (χ4v) is 3.40. The third-order valence-corrected chi connectivity index (χ3v) is 5.60. The monoisotopic (exact) mass is 507 g/mol. The van der Waals surface area contributed by atoms with Gasteiger partial charge in [-0.1, -0.05) is 13.8 Å². The van der Waals surface area contributed by atoms with Crippen LogP contribution in [-0.4, -0.2) is 83.2 Å². The van der Waals surface area contributed by atoms with Gasteiger partial charge in [-0.25, -0.2) is 4.79 Å². The van der Waals surface area contributed by atoms with Crippen LogP contribution < -0.4 is 33.2 Å². The molecule has 4 unspecified atom stereocenters. The number of thioether (sulfide) groups is 1. The zero-order chi connectivity index (χ0) is 25.6. The summed E-state index contributed by atoms with van der Waals surface area (Å²) in [6.07, 6.45) is 2.91. The predicted molar refractivity (Wildman–Crippen MR) is 133 cm³/mol. The summed E-state index contributed by atoms with van der Waals surface area (Å²) in [5.74, 6) is -2.87. The van der Waals surface area contributed by atoms with E-state index in [1.807, 2.05) is 6.26 Å². The Morgan fingerprint density at radius 3 is 2.09 bits per heavy atom. The van der Waals surface area contributed by atoms with E-state index in [9.17, 15) is 19.2 Å². The number of guanidine groups is 1. The first-order valence-corrected chi connectivity index (χ1v) is 12.5. The molecule has 4 atom stereocenters. The average Bonchev–Trinajstić information content (AvgIpc) is 2.74. The van der Waals surface area contributed by atoms with Gasteiger partial charge in [0.05, 0.1) is 6.04 Å². The van der Waals surface area contributed by atoms with Crippen LogP contribution in [0.5, 0.6) is 0 Å². The van der Waals surface area contributed by atoms with E-state index in [1.165, 1.54) is 0 Å². The van der Waals surface area contributed by atoms with Crippen molar-refractivity contribution in [2.45, 2.75) is 57.3 Å². The topological polar surface area (TPSA) is 215 Å².